The number of carbonyl (C=O) groups excluding carboxylic acids is 1. The van der Waals surface area contributed by atoms with Crippen molar-refractivity contribution in [3.8, 4) is 0 Å². The quantitative estimate of drug-likeness (QED) is 0.858. The fourth-order valence-corrected chi connectivity index (χ4v) is 2.61. The highest BCUT2D eigenvalue weighted by atomic mass is 16.5. The number of rotatable bonds is 4. The van der Waals surface area contributed by atoms with Gasteiger partial charge in [0.1, 0.15) is 18.0 Å². The molecule has 1 aromatic carbocycles. The molecule has 1 aliphatic heterocycles. The van der Waals surface area contributed by atoms with Gasteiger partial charge in [0.05, 0.1) is 12.7 Å². The van der Waals surface area contributed by atoms with Crippen LogP contribution in [0.1, 0.15) is 10.4 Å². The number of likely N-dealkylation sites (N-methyl/N-ethyl adjacent to an activating group) is 1. The van der Waals surface area contributed by atoms with Crippen molar-refractivity contribution in [3.05, 3.63) is 42.2 Å². The monoisotopic (exact) mass is 327 g/mol. The molecule has 0 saturated carbocycles. The lowest BCUT2D eigenvalue weighted by molar-refractivity contribution is 0.0601. The molecule has 7 heteroatoms. The van der Waals surface area contributed by atoms with Gasteiger partial charge in [-0.3, -0.25) is 0 Å². The zero-order valence-corrected chi connectivity index (χ0v) is 13.9. The second-order valence-electron chi connectivity index (χ2n) is 5.75. The average molecular weight is 327 g/mol. The molecule has 0 aliphatic carbocycles. The lowest BCUT2D eigenvalue weighted by atomic mass is 10.2. The van der Waals surface area contributed by atoms with Crippen molar-refractivity contribution in [2.75, 3.05) is 50.6 Å². The molecule has 126 valence electrons. The summed E-state index contributed by atoms with van der Waals surface area (Å²) >= 11 is 0. The topological polar surface area (TPSA) is 70.6 Å². The zero-order chi connectivity index (χ0) is 16.9. The molecule has 1 saturated heterocycles. The Morgan fingerprint density at radius 1 is 1.17 bits per heavy atom. The minimum Gasteiger partial charge on any atom is -0.465 e. The molecule has 24 heavy (non-hydrogen) atoms. The van der Waals surface area contributed by atoms with E-state index in [0.717, 1.165) is 37.7 Å². The van der Waals surface area contributed by atoms with Gasteiger partial charge in [-0.1, -0.05) is 6.07 Å². The van der Waals surface area contributed by atoms with Gasteiger partial charge in [-0.2, -0.15) is 0 Å². The van der Waals surface area contributed by atoms with Crippen LogP contribution in [0.4, 0.5) is 17.3 Å². The van der Waals surface area contributed by atoms with Crippen molar-refractivity contribution in [3.63, 3.8) is 0 Å². The molecule has 1 aliphatic rings. The Balaban J connectivity index is 1.74. The van der Waals surface area contributed by atoms with Crippen LogP contribution < -0.4 is 10.2 Å². The first-order valence-electron chi connectivity index (χ1n) is 7.86. The smallest absolute Gasteiger partial charge is 0.337 e. The molecule has 2 heterocycles. The molecule has 0 radical (unpaired) electrons. The Bertz CT molecular complexity index is 714. The second kappa shape index (κ2) is 7.27. The number of nitrogens with zero attached hydrogens (tertiary/aromatic N) is 4. The largest absolute Gasteiger partial charge is 0.465 e. The Morgan fingerprint density at radius 3 is 2.71 bits per heavy atom. The van der Waals surface area contributed by atoms with Crippen molar-refractivity contribution in [1.29, 1.82) is 0 Å². The van der Waals surface area contributed by atoms with Gasteiger partial charge in [-0.15, -0.1) is 0 Å². The zero-order valence-electron chi connectivity index (χ0n) is 13.9. The van der Waals surface area contributed by atoms with E-state index in [9.17, 15) is 4.79 Å². The highest BCUT2D eigenvalue weighted by Gasteiger charge is 2.15. The molecule has 0 spiro atoms. The molecule has 3 rings (SSSR count). The Morgan fingerprint density at radius 2 is 1.96 bits per heavy atom. The molecule has 0 bridgehead atoms. The van der Waals surface area contributed by atoms with E-state index in [1.807, 2.05) is 12.1 Å². The van der Waals surface area contributed by atoms with Gasteiger partial charge in [0.2, 0.25) is 0 Å². The number of anilines is 3. The maximum absolute atomic E-state index is 11.6. The number of benzene rings is 1. The second-order valence-corrected chi connectivity index (χ2v) is 5.75. The van der Waals surface area contributed by atoms with Crippen molar-refractivity contribution >= 4 is 23.3 Å². The van der Waals surface area contributed by atoms with Crippen LogP contribution in [0, 0.1) is 0 Å². The predicted octanol–water partition coefficient (Wildman–Crippen LogP) is 1.76. The van der Waals surface area contributed by atoms with Crippen molar-refractivity contribution in [1.82, 2.24) is 14.9 Å². The van der Waals surface area contributed by atoms with E-state index in [0.29, 0.717) is 11.4 Å². The highest BCUT2D eigenvalue weighted by Crippen LogP contribution is 2.20. The summed E-state index contributed by atoms with van der Waals surface area (Å²) in [6, 6.07) is 9.06. The lowest BCUT2D eigenvalue weighted by Crippen LogP contribution is -2.44. The average Bonchev–Trinajstić information content (AvgIpc) is 2.62. The summed E-state index contributed by atoms with van der Waals surface area (Å²) < 4.78 is 4.75. The number of esters is 1. The van der Waals surface area contributed by atoms with Gasteiger partial charge in [-0.05, 0) is 25.2 Å². The Labute approximate surface area is 141 Å². The number of carbonyl (C=O) groups is 1. The van der Waals surface area contributed by atoms with Crippen molar-refractivity contribution in [2.45, 2.75) is 0 Å². The van der Waals surface area contributed by atoms with Gasteiger partial charge in [0.25, 0.3) is 0 Å². The van der Waals surface area contributed by atoms with E-state index in [-0.39, 0.29) is 5.97 Å². The first kappa shape index (κ1) is 16.2. The van der Waals surface area contributed by atoms with Crippen LogP contribution >= 0.6 is 0 Å². The van der Waals surface area contributed by atoms with Crippen LogP contribution in [-0.2, 0) is 4.74 Å². The van der Waals surface area contributed by atoms with Crippen LogP contribution in [0.25, 0.3) is 0 Å². The van der Waals surface area contributed by atoms with Crippen LogP contribution in [0.2, 0.25) is 0 Å². The van der Waals surface area contributed by atoms with Crippen LogP contribution in [0.15, 0.2) is 36.7 Å². The third-order valence-electron chi connectivity index (χ3n) is 4.04. The minimum atomic E-state index is -0.362. The Hall–Kier alpha value is -2.67. The van der Waals surface area contributed by atoms with E-state index in [1.54, 1.807) is 24.5 Å². The summed E-state index contributed by atoms with van der Waals surface area (Å²) in [5, 5.41) is 3.22. The van der Waals surface area contributed by atoms with Gasteiger partial charge in [0.15, 0.2) is 0 Å². The van der Waals surface area contributed by atoms with Crippen molar-refractivity contribution < 1.29 is 9.53 Å². The standard InChI is InChI=1S/C17H21N5O2/c1-21-6-8-22(9-7-21)16-11-15(18-12-19-16)20-14-5-3-4-13(10-14)17(23)24-2/h3-5,10-12H,6-9H2,1-2H3,(H,18,19,20). The molecule has 1 fully saturated rings. The number of ether oxygens (including phenoxy) is 1. The Kier molecular flexibility index (Phi) is 4.90. The van der Waals surface area contributed by atoms with Gasteiger partial charge < -0.3 is 19.9 Å². The number of hydrogen-bond acceptors (Lipinski definition) is 7. The predicted molar refractivity (Wildman–Crippen MR) is 92.8 cm³/mol. The maximum Gasteiger partial charge on any atom is 0.337 e. The van der Waals surface area contributed by atoms with Gasteiger partial charge >= 0.3 is 5.97 Å². The fraction of sp³-hybridized carbons (Fsp3) is 0.353. The van der Waals surface area contributed by atoms with E-state index in [1.165, 1.54) is 7.11 Å². The maximum atomic E-state index is 11.6. The van der Waals surface area contributed by atoms with Gasteiger partial charge in [0, 0.05) is 37.9 Å². The summed E-state index contributed by atoms with van der Waals surface area (Å²) in [6.45, 7) is 3.94. The number of aromatic nitrogens is 2. The molecule has 2 aromatic rings. The molecule has 0 atom stereocenters. The molecule has 1 aromatic heterocycles. The summed E-state index contributed by atoms with van der Waals surface area (Å²) in [7, 11) is 3.49. The molecule has 7 nitrogen and oxygen atoms in total. The third kappa shape index (κ3) is 3.80. The number of hydrogen-bond donors (Lipinski definition) is 1. The number of piperazine rings is 1. The van der Waals surface area contributed by atoms with E-state index in [4.69, 9.17) is 4.74 Å². The van der Waals surface area contributed by atoms with E-state index < -0.39 is 0 Å². The number of nitrogens with one attached hydrogen (secondary N) is 1. The molecule has 1 N–H and O–H groups in total. The van der Waals surface area contributed by atoms with Crippen LogP contribution in [0.5, 0.6) is 0 Å². The molecule has 0 amide bonds. The molecular weight excluding hydrogens is 306 g/mol. The lowest BCUT2D eigenvalue weighted by Gasteiger charge is -2.33. The SMILES string of the molecule is COC(=O)c1cccc(Nc2cc(N3CCN(C)CC3)ncn2)c1. The first-order chi connectivity index (χ1) is 11.7. The van der Waals surface area contributed by atoms with E-state index >= 15 is 0 Å². The first-order valence-corrected chi connectivity index (χ1v) is 7.86. The fourth-order valence-electron chi connectivity index (χ4n) is 2.61. The van der Waals surface area contributed by atoms with E-state index in [2.05, 4.69) is 32.1 Å². The highest BCUT2D eigenvalue weighted by molar-refractivity contribution is 5.90. The van der Waals surface area contributed by atoms with Crippen LogP contribution in [-0.4, -0.2) is 61.2 Å². The summed E-state index contributed by atoms with van der Waals surface area (Å²) in [5.74, 6) is 1.24. The normalized spacial score (nSPS) is 15.2. The minimum absolute atomic E-state index is 0.362. The van der Waals surface area contributed by atoms with Crippen LogP contribution in [0.3, 0.4) is 0 Å². The summed E-state index contributed by atoms with van der Waals surface area (Å²) in [4.78, 5) is 24.8. The summed E-state index contributed by atoms with van der Waals surface area (Å²) in [6.07, 6.45) is 1.56. The van der Waals surface area contributed by atoms with Crippen molar-refractivity contribution in [2.24, 2.45) is 0 Å². The van der Waals surface area contributed by atoms with Gasteiger partial charge in [-0.25, -0.2) is 14.8 Å². The number of methoxy groups -OCH3 is 1. The molecule has 0 unspecified atom stereocenters. The molecular formula is C17H21N5O2. The third-order valence-corrected chi connectivity index (χ3v) is 4.04. The summed E-state index contributed by atoms with van der Waals surface area (Å²) in [5.41, 5.74) is 1.27.